The molecule has 0 heterocycles. The molecule has 0 fully saturated rings. The molecule has 0 saturated heterocycles. The van der Waals surface area contributed by atoms with Crippen molar-refractivity contribution in [3.05, 3.63) is 0 Å². The van der Waals surface area contributed by atoms with Gasteiger partial charge in [0.05, 0.1) is 6.61 Å². The van der Waals surface area contributed by atoms with Crippen molar-refractivity contribution in [3.8, 4) is 0 Å². The topological polar surface area (TPSA) is 43.4 Å². The van der Waals surface area contributed by atoms with E-state index in [-0.39, 0.29) is 11.8 Å². The molecule has 0 bridgehead atoms. The Morgan fingerprint density at radius 1 is 1.00 bits per heavy atom. The zero-order valence-electron chi connectivity index (χ0n) is 11.0. The quantitative estimate of drug-likeness (QED) is 0.473. The van der Waals surface area contributed by atoms with E-state index >= 15 is 0 Å². The molecule has 3 nitrogen and oxygen atoms in total. The van der Waals surface area contributed by atoms with E-state index in [2.05, 4.69) is 0 Å². The smallest absolute Gasteiger partial charge is 0.319 e. The average molecular weight is 228 g/mol. The molecule has 0 atom stereocenters. The number of carbonyl (C=O) groups excluding carboxylic acids is 2. The minimum absolute atomic E-state index is 0.0581. The van der Waals surface area contributed by atoms with Crippen LogP contribution in [-0.4, -0.2) is 18.4 Å². The van der Waals surface area contributed by atoms with Gasteiger partial charge in [0.2, 0.25) is 0 Å². The van der Waals surface area contributed by atoms with E-state index in [1.807, 2.05) is 20.8 Å². The molecule has 0 unspecified atom stereocenters. The number of rotatable bonds is 8. The summed E-state index contributed by atoms with van der Waals surface area (Å²) in [6.07, 6.45) is 3.62. The molecule has 0 aromatic rings. The van der Waals surface area contributed by atoms with E-state index in [1.54, 1.807) is 0 Å². The average Bonchev–Trinajstić information content (AvgIpc) is 2.24. The number of esters is 1. The maximum absolute atomic E-state index is 12.0. The second-order valence-electron chi connectivity index (χ2n) is 4.27. The van der Waals surface area contributed by atoms with Gasteiger partial charge in [-0.3, -0.25) is 9.59 Å². The van der Waals surface area contributed by atoms with Crippen molar-refractivity contribution in [2.45, 2.75) is 59.8 Å². The second-order valence-corrected chi connectivity index (χ2v) is 4.27. The summed E-state index contributed by atoms with van der Waals surface area (Å²) in [6, 6.07) is 0. The molecule has 0 aliphatic carbocycles. The first-order valence-electron chi connectivity index (χ1n) is 6.23. The molecular formula is C13H24O3. The van der Waals surface area contributed by atoms with E-state index < -0.39 is 5.41 Å². The van der Waals surface area contributed by atoms with Crippen LogP contribution in [0.1, 0.15) is 59.8 Å². The Morgan fingerprint density at radius 2 is 1.50 bits per heavy atom. The largest absolute Gasteiger partial charge is 0.465 e. The fourth-order valence-corrected chi connectivity index (χ4v) is 2.01. The van der Waals surface area contributed by atoms with Gasteiger partial charge < -0.3 is 4.74 Å². The maximum Gasteiger partial charge on any atom is 0.319 e. The highest BCUT2D eigenvalue weighted by Crippen LogP contribution is 2.32. The zero-order chi connectivity index (χ0) is 12.6. The standard InChI is InChI=1S/C13H24O3/c1-5-8-13(9-6-2,11(4)14)12(15)16-10-7-3/h5-10H2,1-4H3. The van der Waals surface area contributed by atoms with Gasteiger partial charge in [-0.25, -0.2) is 0 Å². The lowest BCUT2D eigenvalue weighted by Crippen LogP contribution is -2.39. The predicted octanol–water partition coefficient (Wildman–Crippen LogP) is 3.12. The lowest BCUT2D eigenvalue weighted by molar-refractivity contribution is -0.161. The summed E-state index contributed by atoms with van der Waals surface area (Å²) in [6.45, 7) is 7.82. The third kappa shape index (κ3) is 3.62. The molecule has 0 aliphatic heterocycles. The number of Topliss-reactive ketones (excluding diaryl/α,β-unsaturated/α-hetero) is 1. The lowest BCUT2D eigenvalue weighted by Gasteiger charge is -2.28. The Kier molecular flexibility index (Phi) is 7.02. The second kappa shape index (κ2) is 7.42. The highest BCUT2D eigenvalue weighted by Gasteiger charge is 2.42. The lowest BCUT2D eigenvalue weighted by atomic mass is 9.76. The minimum Gasteiger partial charge on any atom is -0.465 e. The van der Waals surface area contributed by atoms with E-state index in [0.29, 0.717) is 19.4 Å². The van der Waals surface area contributed by atoms with Gasteiger partial charge in [0, 0.05) is 0 Å². The summed E-state index contributed by atoms with van der Waals surface area (Å²) in [5.74, 6) is -0.386. The summed E-state index contributed by atoms with van der Waals surface area (Å²) in [5, 5.41) is 0. The molecule has 0 aromatic heterocycles. The molecule has 94 valence electrons. The van der Waals surface area contributed by atoms with Gasteiger partial charge in [0.25, 0.3) is 0 Å². The summed E-state index contributed by atoms with van der Waals surface area (Å²) in [5.41, 5.74) is -0.890. The summed E-state index contributed by atoms with van der Waals surface area (Å²) in [7, 11) is 0. The number of carbonyl (C=O) groups is 2. The summed E-state index contributed by atoms with van der Waals surface area (Å²) < 4.78 is 5.16. The van der Waals surface area contributed by atoms with Gasteiger partial charge in [-0.2, -0.15) is 0 Å². The zero-order valence-corrected chi connectivity index (χ0v) is 11.0. The van der Waals surface area contributed by atoms with Crippen molar-refractivity contribution in [3.63, 3.8) is 0 Å². The van der Waals surface area contributed by atoms with Crippen molar-refractivity contribution in [2.24, 2.45) is 5.41 Å². The molecule has 0 N–H and O–H groups in total. The Hall–Kier alpha value is -0.860. The molecule has 0 spiro atoms. The van der Waals surface area contributed by atoms with Crippen molar-refractivity contribution >= 4 is 11.8 Å². The van der Waals surface area contributed by atoms with E-state index in [0.717, 1.165) is 19.3 Å². The Morgan fingerprint density at radius 3 is 1.81 bits per heavy atom. The van der Waals surface area contributed by atoms with Gasteiger partial charge >= 0.3 is 5.97 Å². The van der Waals surface area contributed by atoms with Crippen molar-refractivity contribution in [2.75, 3.05) is 6.61 Å². The first-order valence-corrected chi connectivity index (χ1v) is 6.23. The third-order valence-electron chi connectivity index (χ3n) is 2.86. The Bertz CT molecular complexity index is 227. The van der Waals surface area contributed by atoms with E-state index in [1.165, 1.54) is 6.92 Å². The monoisotopic (exact) mass is 228 g/mol. The first kappa shape index (κ1) is 15.1. The van der Waals surface area contributed by atoms with Gasteiger partial charge in [-0.15, -0.1) is 0 Å². The van der Waals surface area contributed by atoms with Crippen LogP contribution in [-0.2, 0) is 14.3 Å². The van der Waals surface area contributed by atoms with Crippen LogP contribution in [0.4, 0.5) is 0 Å². The molecule has 0 amide bonds. The fraction of sp³-hybridized carbons (Fsp3) is 0.846. The first-order chi connectivity index (χ1) is 7.55. The highest BCUT2D eigenvalue weighted by molar-refractivity contribution is 6.02. The van der Waals surface area contributed by atoms with Crippen LogP contribution in [0.15, 0.2) is 0 Å². The van der Waals surface area contributed by atoms with E-state index in [9.17, 15) is 9.59 Å². The van der Waals surface area contributed by atoms with Crippen LogP contribution in [0.5, 0.6) is 0 Å². The van der Waals surface area contributed by atoms with Crippen LogP contribution in [0.2, 0.25) is 0 Å². The number of hydrogen-bond acceptors (Lipinski definition) is 3. The minimum atomic E-state index is -0.890. The number of hydrogen-bond donors (Lipinski definition) is 0. The fourth-order valence-electron chi connectivity index (χ4n) is 2.01. The van der Waals surface area contributed by atoms with Gasteiger partial charge in [-0.1, -0.05) is 33.6 Å². The molecule has 16 heavy (non-hydrogen) atoms. The normalized spacial score (nSPS) is 11.2. The molecule has 3 heteroatoms. The summed E-state index contributed by atoms with van der Waals surface area (Å²) >= 11 is 0. The molecule has 0 aromatic carbocycles. The van der Waals surface area contributed by atoms with Crippen LogP contribution < -0.4 is 0 Å². The molecule has 0 radical (unpaired) electrons. The van der Waals surface area contributed by atoms with Gasteiger partial charge in [0.15, 0.2) is 0 Å². The number of ketones is 1. The third-order valence-corrected chi connectivity index (χ3v) is 2.86. The molecule has 0 saturated carbocycles. The SMILES string of the molecule is CCCOC(=O)C(CCC)(CCC)C(C)=O. The summed E-state index contributed by atoms with van der Waals surface area (Å²) in [4.78, 5) is 23.8. The van der Waals surface area contributed by atoms with Crippen LogP contribution >= 0.6 is 0 Å². The van der Waals surface area contributed by atoms with Gasteiger partial charge in [-0.05, 0) is 26.2 Å². The van der Waals surface area contributed by atoms with Crippen LogP contribution in [0.25, 0.3) is 0 Å². The number of ether oxygens (including phenoxy) is 1. The van der Waals surface area contributed by atoms with Crippen molar-refractivity contribution < 1.29 is 14.3 Å². The Balaban J connectivity index is 4.85. The van der Waals surface area contributed by atoms with Crippen LogP contribution in [0, 0.1) is 5.41 Å². The van der Waals surface area contributed by atoms with Crippen LogP contribution in [0.3, 0.4) is 0 Å². The highest BCUT2D eigenvalue weighted by atomic mass is 16.5. The Labute approximate surface area is 98.6 Å². The maximum atomic E-state index is 12.0. The molecular weight excluding hydrogens is 204 g/mol. The van der Waals surface area contributed by atoms with Gasteiger partial charge in [0.1, 0.15) is 11.2 Å². The molecule has 0 aliphatic rings. The van der Waals surface area contributed by atoms with Crippen molar-refractivity contribution in [1.82, 2.24) is 0 Å². The molecule has 0 rings (SSSR count). The van der Waals surface area contributed by atoms with E-state index in [4.69, 9.17) is 4.74 Å². The predicted molar refractivity (Wildman–Crippen MR) is 64.2 cm³/mol. The van der Waals surface area contributed by atoms with Crippen molar-refractivity contribution in [1.29, 1.82) is 0 Å².